The van der Waals surface area contributed by atoms with Crippen molar-refractivity contribution in [3.63, 3.8) is 0 Å². The Morgan fingerprint density at radius 3 is 2.20 bits per heavy atom. The van der Waals surface area contributed by atoms with Gasteiger partial charge in [0.25, 0.3) is 0 Å². The molecule has 0 aromatic heterocycles. The van der Waals surface area contributed by atoms with Crippen LogP contribution in [0.25, 0.3) is 11.1 Å². The summed E-state index contributed by atoms with van der Waals surface area (Å²) >= 11 is 1.77. The van der Waals surface area contributed by atoms with E-state index in [1.807, 2.05) is 91.0 Å². The molecule has 1 fully saturated rings. The fourth-order valence-electron chi connectivity index (χ4n) is 5.28. The van der Waals surface area contributed by atoms with E-state index in [1.54, 1.807) is 11.8 Å². The highest BCUT2D eigenvalue weighted by Gasteiger charge is 2.38. The van der Waals surface area contributed by atoms with Crippen LogP contribution in [-0.2, 0) is 32.2 Å². The maximum absolute atomic E-state index is 12.1. The lowest BCUT2D eigenvalue weighted by atomic mass is 9.91. The fourth-order valence-corrected chi connectivity index (χ4v) is 6.37. The number of carboxylic acid groups (broad SMARTS) is 1. The van der Waals surface area contributed by atoms with E-state index in [9.17, 15) is 14.7 Å². The van der Waals surface area contributed by atoms with Crippen LogP contribution in [-0.4, -0.2) is 33.9 Å². The van der Waals surface area contributed by atoms with E-state index in [0.717, 1.165) is 39.1 Å². The molecule has 228 valence electrons. The van der Waals surface area contributed by atoms with Gasteiger partial charge in [0, 0.05) is 35.1 Å². The summed E-state index contributed by atoms with van der Waals surface area (Å²) in [4.78, 5) is 24.1. The Balaban J connectivity index is 1.34. The Morgan fingerprint density at radius 2 is 1.50 bits per heavy atom. The topological polar surface area (TPSA) is 105 Å². The van der Waals surface area contributed by atoms with Gasteiger partial charge in [0.05, 0.1) is 25.2 Å². The molecule has 44 heavy (non-hydrogen) atoms. The average molecular weight is 612 g/mol. The lowest BCUT2D eigenvalue weighted by Crippen LogP contribution is -2.38. The number of ether oxygens (including phenoxy) is 2. The molecule has 0 radical (unpaired) electrons. The van der Waals surface area contributed by atoms with E-state index in [0.29, 0.717) is 6.54 Å². The van der Waals surface area contributed by atoms with Gasteiger partial charge in [-0.1, -0.05) is 97.9 Å². The molecular formula is C36H37NO6S. The molecule has 0 saturated carbocycles. The lowest BCUT2D eigenvalue weighted by Gasteiger charge is -2.41. The molecular weight excluding hydrogens is 574 g/mol. The maximum atomic E-state index is 12.1. The summed E-state index contributed by atoms with van der Waals surface area (Å²) in [6.45, 7) is 2.47. The molecule has 1 aliphatic rings. The van der Waals surface area contributed by atoms with Crippen LogP contribution in [0.15, 0.2) is 108 Å². The molecule has 4 aromatic rings. The van der Waals surface area contributed by atoms with Gasteiger partial charge in [-0.2, -0.15) is 0 Å². The van der Waals surface area contributed by atoms with Gasteiger partial charge in [-0.05, 0) is 39.9 Å². The second-order valence-electron chi connectivity index (χ2n) is 10.9. The van der Waals surface area contributed by atoms with Crippen molar-refractivity contribution in [2.75, 3.05) is 5.75 Å². The number of rotatable bonds is 12. The van der Waals surface area contributed by atoms with E-state index < -0.39 is 12.3 Å². The van der Waals surface area contributed by atoms with Crippen molar-refractivity contribution < 1.29 is 29.3 Å². The number of carboxylic acids is 1. The highest BCUT2D eigenvalue weighted by molar-refractivity contribution is 7.99. The minimum absolute atomic E-state index is 0.00396. The first-order chi connectivity index (χ1) is 21.4. The zero-order chi connectivity index (χ0) is 30.9. The second kappa shape index (κ2) is 15.2. The molecule has 0 spiro atoms. The number of nitrogens with one attached hydrogen (secondary N) is 1. The molecule has 3 N–H and O–H groups in total. The number of amides is 1. The van der Waals surface area contributed by atoms with Gasteiger partial charge in [-0.15, -0.1) is 11.8 Å². The third-order valence-electron chi connectivity index (χ3n) is 7.83. The summed E-state index contributed by atoms with van der Waals surface area (Å²) in [5.74, 6) is -0.411. The minimum Gasteiger partial charge on any atom is -0.481 e. The molecule has 4 unspecified atom stereocenters. The van der Waals surface area contributed by atoms with Gasteiger partial charge in [0.15, 0.2) is 6.29 Å². The number of carbonyl (C=O) groups excluding carboxylic acids is 1. The zero-order valence-corrected chi connectivity index (χ0v) is 25.4. The van der Waals surface area contributed by atoms with E-state index in [2.05, 4.69) is 24.4 Å². The first kappa shape index (κ1) is 31.5. The highest BCUT2D eigenvalue weighted by Crippen LogP contribution is 2.43. The standard InChI is InChI=1S/C36H37NO6S/c1-24-32(23-44-30-8-3-2-4-9-30)42-36(43-35(24)27-13-11-25(22-38)12-14-27)28-17-15-26(16-18-28)31-10-6-5-7-29(31)21-37-33(39)19-20-34(40)41/h2-18,24,32,35-36,38H,19-23H2,1H3,(H,37,39)(H,40,41). The number of thioether (sulfide) groups is 1. The lowest BCUT2D eigenvalue weighted by molar-refractivity contribution is -0.268. The normalized spacial score (nSPS) is 19.8. The van der Waals surface area contributed by atoms with Gasteiger partial charge < -0.3 is 25.0 Å². The van der Waals surface area contributed by atoms with E-state index >= 15 is 0 Å². The van der Waals surface area contributed by atoms with Crippen molar-refractivity contribution in [3.8, 4) is 11.1 Å². The number of carbonyl (C=O) groups is 2. The van der Waals surface area contributed by atoms with Crippen LogP contribution in [0.5, 0.6) is 0 Å². The number of aliphatic carboxylic acids is 1. The monoisotopic (exact) mass is 611 g/mol. The van der Waals surface area contributed by atoms with Gasteiger partial charge in [0.1, 0.15) is 0 Å². The Labute approximate surface area is 262 Å². The van der Waals surface area contributed by atoms with Crippen molar-refractivity contribution >= 4 is 23.6 Å². The van der Waals surface area contributed by atoms with Crippen LogP contribution >= 0.6 is 11.8 Å². The first-order valence-corrected chi connectivity index (χ1v) is 15.7. The Bertz CT molecular complexity index is 1530. The molecule has 0 bridgehead atoms. The van der Waals surface area contributed by atoms with Crippen LogP contribution in [0.4, 0.5) is 0 Å². The molecule has 8 heteroatoms. The van der Waals surface area contributed by atoms with Crippen molar-refractivity contribution in [3.05, 3.63) is 125 Å². The average Bonchev–Trinajstić information content (AvgIpc) is 3.06. The third-order valence-corrected chi connectivity index (χ3v) is 8.93. The fraction of sp³-hybridized carbons (Fsp3) is 0.278. The number of aliphatic hydroxyl groups is 1. The van der Waals surface area contributed by atoms with Gasteiger partial charge in [-0.25, -0.2) is 0 Å². The number of hydrogen-bond acceptors (Lipinski definition) is 6. The number of benzene rings is 4. The third kappa shape index (κ3) is 8.15. The molecule has 1 heterocycles. The molecule has 0 aliphatic carbocycles. The van der Waals surface area contributed by atoms with Crippen molar-refractivity contribution in [2.45, 2.75) is 56.3 Å². The van der Waals surface area contributed by atoms with Crippen LogP contribution in [0, 0.1) is 5.92 Å². The minimum atomic E-state index is -0.992. The Kier molecular flexibility index (Phi) is 10.9. The maximum Gasteiger partial charge on any atom is 0.303 e. The quantitative estimate of drug-likeness (QED) is 0.150. The predicted octanol–water partition coefficient (Wildman–Crippen LogP) is 6.91. The summed E-state index contributed by atoms with van der Waals surface area (Å²) in [5.41, 5.74) is 5.72. The summed E-state index contributed by atoms with van der Waals surface area (Å²) in [7, 11) is 0. The molecule has 4 atom stereocenters. The first-order valence-electron chi connectivity index (χ1n) is 14.8. The number of hydrogen-bond donors (Lipinski definition) is 3. The molecule has 1 saturated heterocycles. The van der Waals surface area contributed by atoms with Crippen molar-refractivity contribution in [1.82, 2.24) is 5.32 Å². The zero-order valence-electron chi connectivity index (χ0n) is 24.6. The molecule has 7 nitrogen and oxygen atoms in total. The van der Waals surface area contributed by atoms with Crippen LogP contribution in [0.1, 0.15) is 54.4 Å². The molecule has 1 aliphatic heterocycles. The van der Waals surface area contributed by atoms with Crippen LogP contribution in [0.2, 0.25) is 0 Å². The van der Waals surface area contributed by atoms with Gasteiger partial charge in [-0.3, -0.25) is 9.59 Å². The summed E-state index contributed by atoms with van der Waals surface area (Å²) in [6.07, 6.45) is -1.06. The van der Waals surface area contributed by atoms with E-state index in [-0.39, 0.29) is 43.5 Å². The van der Waals surface area contributed by atoms with Gasteiger partial charge >= 0.3 is 5.97 Å². The smallest absolute Gasteiger partial charge is 0.303 e. The van der Waals surface area contributed by atoms with E-state index in [1.165, 1.54) is 4.90 Å². The van der Waals surface area contributed by atoms with Crippen molar-refractivity contribution in [1.29, 1.82) is 0 Å². The largest absolute Gasteiger partial charge is 0.481 e. The van der Waals surface area contributed by atoms with Gasteiger partial charge in [0.2, 0.25) is 5.91 Å². The second-order valence-corrected chi connectivity index (χ2v) is 12.0. The summed E-state index contributed by atoms with van der Waals surface area (Å²) < 4.78 is 13.2. The van der Waals surface area contributed by atoms with Crippen LogP contribution < -0.4 is 5.32 Å². The molecule has 5 rings (SSSR count). The Hall–Kier alpha value is -3.95. The summed E-state index contributed by atoms with van der Waals surface area (Å²) in [6, 6.07) is 34.2. The SMILES string of the molecule is CC1C(CSc2ccccc2)OC(c2ccc(-c3ccccc3CNC(=O)CCC(=O)O)cc2)OC1c1ccc(CO)cc1. The number of aliphatic hydroxyl groups excluding tert-OH is 1. The summed E-state index contributed by atoms with van der Waals surface area (Å²) in [5, 5.41) is 21.2. The van der Waals surface area contributed by atoms with Crippen LogP contribution in [0.3, 0.4) is 0 Å². The van der Waals surface area contributed by atoms with E-state index in [4.69, 9.17) is 14.6 Å². The highest BCUT2D eigenvalue weighted by atomic mass is 32.2. The predicted molar refractivity (Wildman–Crippen MR) is 171 cm³/mol. The van der Waals surface area contributed by atoms with Crippen molar-refractivity contribution in [2.24, 2.45) is 5.92 Å². The molecule has 1 amide bonds. The molecule has 4 aromatic carbocycles. The Morgan fingerprint density at radius 1 is 0.818 bits per heavy atom.